The molecule has 0 N–H and O–H groups in total. The molecule has 0 spiro atoms. The van der Waals surface area contributed by atoms with Crippen molar-refractivity contribution in [3.05, 3.63) is 94.7 Å². The average Bonchev–Trinajstić information content (AvgIpc) is 3.26. The van der Waals surface area contributed by atoms with Crippen molar-refractivity contribution < 1.29 is 14.5 Å². The Hall–Kier alpha value is -4.29. The van der Waals surface area contributed by atoms with Crippen LogP contribution in [0.15, 0.2) is 63.5 Å². The first-order valence-corrected chi connectivity index (χ1v) is 14.6. The second kappa shape index (κ2) is 11.9. The Bertz CT molecular complexity index is 1730. The Labute approximate surface area is 247 Å². The molecule has 0 unspecified atom stereocenters. The quantitative estimate of drug-likeness (QED) is 0.234. The molecule has 1 saturated heterocycles. The highest BCUT2D eigenvalue weighted by molar-refractivity contribution is 7.07. The van der Waals surface area contributed by atoms with E-state index in [0.29, 0.717) is 26.2 Å². The molecule has 0 amide bonds. The minimum absolute atomic E-state index is 0.0498. The predicted octanol–water partition coefficient (Wildman–Crippen LogP) is 2.52. The molecule has 0 radical (unpaired) electrons. The van der Waals surface area contributed by atoms with Crippen LogP contribution in [0.3, 0.4) is 0 Å². The largest absolute Gasteiger partial charge is 0.463 e. The summed E-state index contributed by atoms with van der Waals surface area (Å²) in [6.45, 7) is 6.93. The number of benzene rings is 2. The molecule has 3 heterocycles. The number of ether oxygens (including phenoxy) is 1. The highest BCUT2D eigenvalue weighted by Gasteiger charge is 2.33. The molecule has 3 aromatic rings. The number of esters is 1. The number of carbonyl (C=O) groups excluding carboxylic acids is 1. The van der Waals surface area contributed by atoms with Gasteiger partial charge in [-0.15, -0.1) is 0 Å². The fourth-order valence-corrected chi connectivity index (χ4v) is 6.35. The first-order valence-electron chi connectivity index (χ1n) is 13.8. The molecule has 1 atom stereocenters. The number of hydrogen-bond donors (Lipinski definition) is 0. The van der Waals surface area contributed by atoms with Gasteiger partial charge in [-0.25, -0.2) is 9.79 Å². The van der Waals surface area contributed by atoms with Crippen molar-refractivity contribution in [3.8, 4) is 0 Å². The number of thiazole rings is 1. The van der Waals surface area contributed by atoms with Gasteiger partial charge in [0.25, 0.3) is 11.2 Å². The van der Waals surface area contributed by atoms with Crippen LogP contribution in [0.25, 0.3) is 6.08 Å². The number of anilines is 2. The molecule has 0 saturated carbocycles. The molecule has 2 aliphatic heterocycles. The van der Waals surface area contributed by atoms with E-state index >= 15 is 0 Å². The fraction of sp³-hybridized carbons (Fsp3) is 0.367. The van der Waals surface area contributed by atoms with Gasteiger partial charge >= 0.3 is 5.97 Å². The van der Waals surface area contributed by atoms with Crippen LogP contribution in [-0.4, -0.2) is 74.3 Å². The van der Waals surface area contributed by atoms with Crippen molar-refractivity contribution in [3.63, 3.8) is 0 Å². The van der Waals surface area contributed by atoms with Crippen LogP contribution in [0.4, 0.5) is 17.1 Å². The zero-order valence-corrected chi connectivity index (χ0v) is 25.2. The predicted molar refractivity (Wildman–Crippen MR) is 164 cm³/mol. The average molecular weight is 591 g/mol. The maximum absolute atomic E-state index is 14.1. The number of piperazine rings is 1. The normalized spacial score (nSPS) is 17.6. The van der Waals surface area contributed by atoms with Crippen LogP contribution in [-0.2, 0) is 9.53 Å². The van der Waals surface area contributed by atoms with E-state index in [-0.39, 0.29) is 17.9 Å². The van der Waals surface area contributed by atoms with Gasteiger partial charge < -0.3 is 19.4 Å². The Morgan fingerprint density at radius 3 is 2.48 bits per heavy atom. The van der Waals surface area contributed by atoms with E-state index in [2.05, 4.69) is 21.8 Å². The van der Waals surface area contributed by atoms with Gasteiger partial charge in [0.15, 0.2) is 4.80 Å². The summed E-state index contributed by atoms with van der Waals surface area (Å²) in [7, 11) is 5.94. The fourth-order valence-electron chi connectivity index (χ4n) is 5.31. The molecule has 2 aromatic carbocycles. The molecule has 2 aliphatic rings. The Morgan fingerprint density at radius 1 is 1.17 bits per heavy atom. The minimum Gasteiger partial charge on any atom is -0.463 e. The SMILES string of the molecule is CCOC(=O)C1=C(C)N=c2s/c(=C/c3cc([N+](=O)[O-])ccc3N3CCN(C)CC3)c(=O)n2[C@H]1c1ccc(N(C)C)cc1. The Kier molecular flexibility index (Phi) is 8.28. The zero-order chi connectivity index (χ0) is 30.1. The van der Waals surface area contributed by atoms with Crippen molar-refractivity contribution in [1.82, 2.24) is 9.47 Å². The summed E-state index contributed by atoms with van der Waals surface area (Å²) in [6, 6.07) is 11.7. The lowest BCUT2D eigenvalue weighted by molar-refractivity contribution is -0.384. The third-order valence-corrected chi connectivity index (χ3v) is 8.58. The number of nitro benzene ring substituents is 1. The molecular weight excluding hydrogens is 556 g/mol. The number of hydrogen-bond acceptors (Lipinski definition) is 10. The molecule has 0 aliphatic carbocycles. The van der Waals surface area contributed by atoms with E-state index < -0.39 is 16.9 Å². The van der Waals surface area contributed by atoms with Gasteiger partial charge in [0.2, 0.25) is 0 Å². The van der Waals surface area contributed by atoms with Crippen molar-refractivity contribution in [2.75, 3.05) is 63.7 Å². The zero-order valence-electron chi connectivity index (χ0n) is 24.4. The van der Waals surface area contributed by atoms with E-state index in [1.807, 2.05) is 43.3 Å². The molecule has 11 nitrogen and oxygen atoms in total. The highest BCUT2D eigenvalue weighted by atomic mass is 32.1. The number of aromatic nitrogens is 1. The third kappa shape index (κ3) is 5.59. The molecule has 12 heteroatoms. The third-order valence-electron chi connectivity index (χ3n) is 7.59. The summed E-state index contributed by atoms with van der Waals surface area (Å²) in [5, 5.41) is 11.7. The number of non-ortho nitro benzene ring substituents is 1. The Balaban J connectivity index is 1.69. The van der Waals surface area contributed by atoms with Crippen molar-refractivity contribution in [2.45, 2.75) is 19.9 Å². The Morgan fingerprint density at radius 2 is 1.86 bits per heavy atom. The summed E-state index contributed by atoms with van der Waals surface area (Å²) in [5.41, 5.74) is 3.56. The lowest BCUT2D eigenvalue weighted by Crippen LogP contribution is -2.44. The molecule has 42 heavy (non-hydrogen) atoms. The maximum atomic E-state index is 14.1. The van der Waals surface area contributed by atoms with Gasteiger partial charge in [-0.05, 0) is 50.7 Å². The number of nitro groups is 1. The van der Waals surface area contributed by atoms with Crippen molar-refractivity contribution in [2.24, 2.45) is 4.99 Å². The van der Waals surface area contributed by atoms with Gasteiger partial charge in [0.1, 0.15) is 0 Å². The smallest absolute Gasteiger partial charge is 0.338 e. The van der Waals surface area contributed by atoms with Gasteiger partial charge in [-0.3, -0.25) is 19.5 Å². The van der Waals surface area contributed by atoms with Gasteiger partial charge in [-0.2, -0.15) is 0 Å². The first kappa shape index (κ1) is 29.2. The van der Waals surface area contributed by atoms with E-state index in [4.69, 9.17) is 4.74 Å². The summed E-state index contributed by atoms with van der Waals surface area (Å²) >= 11 is 1.20. The highest BCUT2D eigenvalue weighted by Crippen LogP contribution is 2.32. The number of nitrogens with zero attached hydrogens (tertiary/aromatic N) is 6. The monoisotopic (exact) mass is 590 g/mol. The van der Waals surface area contributed by atoms with Gasteiger partial charge in [-0.1, -0.05) is 23.5 Å². The molecule has 220 valence electrons. The standard InChI is InChI=1S/C30H34N6O5S/c1-6-41-29(38)26-19(2)31-30-35(27(26)20-7-9-22(10-8-20)32(3)4)28(37)25(42-30)18-21-17-23(36(39)40)11-12-24(21)34-15-13-33(5)14-16-34/h7-12,17-18,27H,6,13-16H2,1-5H3/b25-18+/t27-/m0/s1. The molecule has 1 fully saturated rings. The van der Waals surface area contributed by atoms with Crippen LogP contribution in [0.1, 0.15) is 31.0 Å². The number of rotatable bonds is 7. The molecular formula is C30H34N6O5S. The first-order chi connectivity index (χ1) is 20.1. The van der Waals surface area contributed by atoms with E-state index in [9.17, 15) is 19.7 Å². The lowest BCUT2D eigenvalue weighted by Gasteiger charge is -2.34. The lowest BCUT2D eigenvalue weighted by atomic mass is 9.95. The second-order valence-electron chi connectivity index (χ2n) is 10.6. The minimum atomic E-state index is -0.735. The second-order valence-corrected chi connectivity index (χ2v) is 11.6. The van der Waals surface area contributed by atoms with Crippen molar-refractivity contribution >= 4 is 40.4 Å². The number of allylic oxidation sites excluding steroid dienone is 1. The number of fused-ring (bicyclic) bond motifs is 1. The summed E-state index contributed by atoms with van der Waals surface area (Å²) in [6.07, 6.45) is 1.71. The van der Waals surface area contributed by atoms with Crippen LogP contribution < -0.4 is 24.7 Å². The topological polar surface area (TPSA) is 114 Å². The van der Waals surface area contributed by atoms with Crippen LogP contribution in [0.2, 0.25) is 0 Å². The number of likely N-dealkylation sites (N-methyl/N-ethyl adjacent to an activating group) is 1. The summed E-state index contributed by atoms with van der Waals surface area (Å²) in [4.78, 5) is 50.0. The van der Waals surface area contributed by atoms with Gasteiger partial charge in [0.05, 0.1) is 33.4 Å². The molecule has 0 bridgehead atoms. The van der Waals surface area contributed by atoms with Crippen molar-refractivity contribution in [1.29, 1.82) is 0 Å². The van der Waals surface area contributed by atoms with E-state index in [1.54, 1.807) is 26.0 Å². The summed E-state index contributed by atoms with van der Waals surface area (Å²) in [5.74, 6) is -0.522. The molecule has 1 aromatic heterocycles. The van der Waals surface area contributed by atoms with Crippen LogP contribution >= 0.6 is 11.3 Å². The maximum Gasteiger partial charge on any atom is 0.338 e. The van der Waals surface area contributed by atoms with E-state index in [1.165, 1.54) is 28.0 Å². The van der Waals surface area contributed by atoms with Crippen LogP contribution in [0, 0.1) is 10.1 Å². The number of carbonyl (C=O) groups is 1. The van der Waals surface area contributed by atoms with Crippen LogP contribution in [0.5, 0.6) is 0 Å². The van der Waals surface area contributed by atoms with E-state index in [0.717, 1.165) is 43.1 Å². The molecule has 5 rings (SSSR count). The van der Waals surface area contributed by atoms with Gasteiger partial charge in [0, 0.05) is 69.3 Å². The summed E-state index contributed by atoms with van der Waals surface area (Å²) < 4.78 is 7.30.